The van der Waals surface area contributed by atoms with E-state index in [1.807, 2.05) is 53.2 Å². The van der Waals surface area contributed by atoms with Gasteiger partial charge in [0.2, 0.25) is 0 Å². The number of aromatic nitrogens is 3. The molecular weight excluding hydrogens is 296 g/mol. The zero-order valence-corrected chi connectivity index (χ0v) is 14.5. The van der Waals surface area contributed by atoms with Crippen molar-refractivity contribution in [3.05, 3.63) is 72.1 Å². The van der Waals surface area contributed by atoms with E-state index in [4.69, 9.17) is 15.8 Å². The summed E-state index contributed by atoms with van der Waals surface area (Å²) in [7, 11) is 0. The Morgan fingerprint density at radius 3 is 2.12 bits per heavy atom. The van der Waals surface area contributed by atoms with E-state index in [9.17, 15) is 0 Å². The van der Waals surface area contributed by atoms with Crippen LogP contribution in [0.2, 0.25) is 0 Å². The minimum atomic E-state index is -0.189. The lowest BCUT2D eigenvalue weighted by atomic mass is 9.87. The summed E-state index contributed by atoms with van der Waals surface area (Å²) in [5, 5.41) is 4.74. The van der Waals surface area contributed by atoms with Crippen molar-refractivity contribution in [2.24, 2.45) is 11.1 Å². The van der Waals surface area contributed by atoms with Crippen LogP contribution in [0.5, 0.6) is 0 Å². The van der Waals surface area contributed by atoms with Crippen LogP contribution in [0.3, 0.4) is 0 Å². The maximum Gasteiger partial charge on any atom is 0.181 e. The van der Waals surface area contributed by atoms with E-state index in [-0.39, 0.29) is 11.5 Å². The number of nitrogens with zero attached hydrogens (tertiary/aromatic N) is 3. The van der Waals surface area contributed by atoms with Crippen LogP contribution in [0.1, 0.15) is 38.2 Å². The number of hydrogen-bond acceptors (Lipinski definition) is 3. The Morgan fingerprint density at radius 2 is 1.54 bits per heavy atom. The molecule has 3 aromatic rings. The maximum absolute atomic E-state index is 6.49. The molecule has 0 saturated carbocycles. The van der Waals surface area contributed by atoms with Gasteiger partial charge in [-0.1, -0.05) is 81.4 Å². The molecule has 124 valence electrons. The highest BCUT2D eigenvalue weighted by molar-refractivity contribution is 5.54. The summed E-state index contributed by atoms with van der Waals surface area (Å²) in [6.45, 7) is 7.05. The second-order valence-corrected chi connectivity index (χ2v) is 7.15. The van der Waals surface area contributed by atoms with E-state index >= 15 is 0 Å². The van der Waals surface area contributed by atoms with Gasteiger partial charge in [-0.05, 0) is 11.0 Å². The van der Waals surface area contributed by atoms with Gasteiger partial charge in [0.05, 0.1) is 12.6 Å². The third-order valence-corrected chi connectivity index (χ3v) is 4.12. The second-order valence-electron chi connectivity index (χ2n) is 7.15. The first-order valence-corrected chi connectivity index (χ1v) is 8.25. The minimum Gasteiger partial charge on any atom is -0.321 e. The van der Waals surface area contributed by atoms with Gasteiger partial charge in [0.15, 0.2) is 5.82 Å². The number of hydrogen-bond donors (Lipinski definition) is 1. The zero-order chi connectivity index (χ0) is 17.2. The molecule has 2 N–H and O–H groups in total. The zero-order valence-electron chi connectivity index (χ0n) is 14.5. The maximum atomic E-state index is 6.49. The van der Waals surface area contributed by atoms with Crippen LogP contribution in [-0.4, -0.2) is 14.8 Å². The number of nitrogens with two attached hydrogens (primary N) is 1. The highest BCUT2D eigenvalue weighted by Crippen LogP contribution is 2.31. The first kappa shape index (κ1) is 16.4. The van der Waals surface area contributed by atoms with E-state index in [0.29, 0.717) is 6.54 Å². The average molecular weight is 320 g/mol. The van der Waals surface area contributed by atoms with Gasteiger partial charge in [0.25, 0.3) is 0 Å². The molecule has 0 bridgehead atoms. The van der Waals surface area contributed by atoms with Crippen molar-refractivity contribution >= 4 is 0 Å². The Labute approximate surface area is 143 Å². The third-order valence-electron chi connectivity index (χ3n) is 4.12. The van der Waals surface area contributed by atoms with E-state index in [1.54, 1.807) is 0 Å². The first-order valence-electron chi connectivity index (χ1n) is 8.25. The molecule has 3 rings (SSSR count). The lowest BCUT2D eigenvalue weighted by Gasteiger charge is -2.26. The summed E-state index contributed by atoms with van der Waals surface area (Å²) in [6.07, 6.45) is 0. The quantitative estimate of drug-likeness (QED) is 0.789. The van der Waals surface area contributed by atoms with E-state index in [0.717, 1.165) is 17.2 Å². The molecule has 0 aliphatic rings. The summed E-state index contributed by atoms with van der Waals surface area (Å²) in [6, 6.07) is 20.1. The summed E-state index contributed by atoms with van der Waals surface area (Å²) < 4.78 is 1.94. The molecule has 4 nitrogen and oxygen atoms in total. The number of rotatable bonds is 4. The molecule has 0 amide bonds. The van der Waals surface area contributed by atoms with Gasteiger partial charge in [-0.15, -0.1) is 0 Å². The van der Waals surface area contributed by atoms with Crippen molar-refractivity contribution in [3.8, 4) is 11.4 Å². The summed E-state index contributed by atoms with van der Waals surface area (Å²) in [4.78, 5) is 4.77. The normalized spacial score (nSPS) is 13.0. The van der Waals surface area contributed by atoms with Crippen LogP contribution in [-0.2, 0) is 6.54 Å². The van der Waals surface area contributed by atoms with Gasteiger partial charge in [0, 0.05) is 5.56 Å². The van der Waals surface area contributed by atoms with E-state index in [2.05, 4.69) is 32.9 Å². The van der Waals surface area contributed by atoms with Crippen molar-refractivity contribution in [3.63, 3.8) is 0 Å². The molecule has 0 spiro atoms. The van der Waals surface area contributed by atoms with Crippen LogP contribution in [0.25, 0.3) is 11.4 Å². The smallest absolute Gasteiger partial charge is 0.181 e. The molecule has 0 aliphatic heterocycles. The topological polar surface area (TPSA) is 56.7 Å². The van der Waals surface area contributed by atoms with Gasteiger partial charge < -0.3 is 5.73 Å². The molecule has 0 saturated heterocycles. The monoisotopic (exact) mass is 320 g/mol. The average Bonchev–Trinajstić information content (AvgIpc) is 2.98. The van der Waals surface area contributed by atoms with E-state index in [1.165, 1.54) is 5.56 Å². The van der Waals surface area contributed by atoms with Crippen LogP contribution in [0, 0.1) is 5.41 Å². The first-order chi connectivity index (χ1) is 11.4. The molecule has 24 heavy (non-hydrogen) atoms. The second kappa shape index (κ2) is 6.57. The van der Waals surface area contributed by atoms with Crippen molar-refractivity contribution < 1.29 is 0 Å². The Bertz CT molecular complexity index is 786. The largest absolute Gasteiger partial charge is 0.321 e. The van der Waals surface area contributed by atoms with Crippen LogP contribution in [0.15, 0.2) is 60.7 Å². The fraction of sp³-hybridized carbons (Fsp3) is 0.300. The van der Waals surface area contributed by atoms with Crippen molar-refractivity contribution in [1.82, 2.24) is 14.8 Å². The Balaban J connectivity index is 2.03. The lowest BCUT2D eigenvalue weighted by molar-refractivity contribution is 0.306. The standard InChI is InChI=1S/C20H24N4/c1-20(2,3)17(21)19-22-18(16-12-8-5-9-13-16)23-24(19)14-15-10-6-4-7-11-15/h4-13,17H,14,21H2,1-3H3/t17-/m0/s1. The molecule has 4 heteroatoms. The molecule has 1 atom stereocenters. The van der Waals surface area contributed by atoms with Gasteiger partial charge in [-0.3, -0.25) is 0 Å². The molecule has 0 aliphatic carbocycles. The Hall–Kier alpha value is -2.46. The highest BCUT2D eigenvalue weighted by Gasteiger charge is 2.28. The molecule has 1 aromatic heterocycles. The van der Waals surface area contributed by atoms with Gasteiger partial charge >= 0.3 is 0 Å². The minimum absolute atomic E-state index is 0.0879. The van der Waals surface area contributed by atoms with Gasteiger partial charge in [-0.25, -0.2) is 9.67 Å². The van der Waals surface area contributed by atoms with Gasteiger partial charge in [0.1, 0.15) is 5.82 Å². The predicted octanol–water partition coefficient (Wildman–Crippen LogP) is 4.04. The third kappa shape index (κ3) is 3.54. The van der Waals surface area contributed by atoms with Gasteiger partial charge in [-0.2, -0.15) is 5.10 Å². The Morgan fingerprint density at radius 1 is 0.958 bits per heavy atom. The van der Waals surface area contributed by atoms with Crippen LogP contribution in [0.4, 0.5) is 0 Å². The molecule has 0 radical (unpaired) electrons. The summed E-state index contributed by atoms with van der Waals surface area (Å²) in [5.41, 5.74) is 8.60. The van der Waals surface area contributed by atoms with Crippen molar-refractivity contribution in [1.29, 1.82) is 0 Å². The molecular formula is C20H24N4. The highest BCUT2D eigenvalue weighted by atomic mass is 15.4. The summed E-state index contributed by atoms with van der Waals surface area (Å²) >= 11 is 0. The lowest BCUT2D eigenvalue weighted by Crippen LogP contribution is -2.29. The fourth-order valence-corrected chi connectivity index (χ4v) is 2.55. The SMILES string of the molecule is CC(C)(C)[C@@H](N)c1nc(-c2ccccc2)nn1Cc1ccccc1. The van der Waals surface area contributed by atoms with Crippen LogP contribution >= 0.6 is 0 Å². The fourth-order valence-electron chi connectivity index (χ4n) is 2.55. The Kier molecular flexibility index (Phi) is 4.49. The van der Waals surface area contributed by atoms with Crippen molar-refractivity contribution in [2.45, 2.75) is 33.4 Å². The number of benzene rings is 2. The molecule has 0 unspecified atom stereocenters. The van der Waals surface area contributed by atoms with Crippen LogP contribution < -0.4 is 5.73 Å². The summed E-state index contributed by atoms with van der Waals surface area (Å²) in [5.74, 6) is 1.55. The molecule has 0 fully saturated rings. The molecule has 2 aromatic carbocycles. The predicted molar refractivity (Wildman–Crippen MR) is 97.4 cm³/mol. The van der Waals surface area contributed by atoms with Crippen molar-refractivity contribution in [2.75, 3.05) is 0 Å². The van der Waals surface area contributed by atoms with E-state index < -0.39 is 0 Å². The molecule has 1 heterocycles.